The molecule has 2 N–H and O–H groups in total. The first-order chi connectivity index (χ1) is 6.74. The summed E-state index contributed by atoms with van der Waals surface area (Å²) in [6.07, 6.45) is 0.778. The molecule has 14 heavy (non-hydrogen) atoms. The Morgan fingerprint density at radius 2 is 2.50 bits per heavy atom. The molecule has 1 aromatic heterocycles. The van der Waals surface area contributed by atoms with Gasteiger partial charge in [-0.15, -0.1) is 0 Å². The average molecular weight is 195 g/mol. The van der Waals surface area contributed by atoms with Gasteiger partial charge >= 0.3 is 5.97 Å². The van der Waals surface area contributed by atoms with Gasteiger partial charge in [0.05, 0.1) is 5.69 Å². The number of hydrogen-bond donors (Lipinski definition) is 2. The van der Waals surface area contributed by atoms with E-state index in [1.807, 2.05) is 11.5 Å². The van der Waals surface area contributed by atoms with Gasteiger partial charge in [-0.3, -0.25) is 0 Å². The van der Waals surface area contributed by atoms with E-state index in [2.05, 4.69) is 10.3 Å². The Balaban J connectivity index is 2.52. The van der Waals surface area contributed by atoms with Crippen LogP contribution in [0.4, 0.5) is 0 Å². The predicted molar refractivity (Wildman–Crippen MR) is 50.3 cm³/mol. The van der Waals surface area contributed by atoms with Crippen molar-refractivity contribution in [3.63, 3.8) is 0 Å². The van der Waals surface area contributed by atoms with Crippen LogP contribution in [0.15, 0.2) is 0 Å². The van der Waals surface area contributed by atoms with Gasteiger partial charge in [0.2, 0.25) is 0 Å². The first-order valence-corrected chi connectivity index (χ1v) is 4.76. The molecule has 0 atom stereocenters. The number of aromatic carboxylic acids is 1. The maximum atomic E-state index is 10.9. The van der Waals surface area contributed by atoms with E-state index >= 15 is 0 Å². The van der Waals surface area contributed by atoms with Crippen LogP contribution in [-0.2, 0) is 19.5 Å². The zero-order chi connectivity index (χ0) is 10.1. The summed E-state index contributed by atoms with van der Waals surface area (Å²) in [6.45, 7) is 4.30. The smallest absolute Gasteiger partial charge is 0.356 e. The molecule has 0 saturated heterocycles. The Kier molecular flexibility index (Phi) is 2.25. The zero-order valence-electron chi connectivity index (χ0n) is 8.08. The van der Waals surface area contributed by atoms with E-state index in [-0.39, 0.29) is 5.69 Å². The molecule has 2 heterocycles. The fourth-order valence-corrected chi connectivity index (χ4v) is 1.82. The van der Waals surface area contributed by atoms with Crippen LogP contribution in [0.3, 0.4) is 0 Å². The van der Waals surface area contributed by atoms with Crippen LogP contribution >= 0.6 is 0 Å². The van der Waals surface area contributed by atoms with Crippen LogP contribution < -0.4 is 5.32 Å². The van der Waals surface area contributed by atoms with E-state index in [1.54, 1.807) is 0 Å². The van der Waals surface area contributed by atoms with Crippen LogP contribution in [-0.4, -0.2) is 27.2 Å². The second kappa shape index (κ2) is 3.42. The maximum absolute atomic E-state index is 10.9. The van der Waals surface area contributed by atoms with Crippen molar-refractivity contribution in [3.05, 3.63) is 17.2 Å². The fourth-order valence-electron chi connectivity index (χ4n) is 1.82. The van der Waals surface area contributed by atoms with E-state index in [4.69, 9.17) is 5.11 Å². The zero-order valence-corrected chi connectivity index (χ0v) is 8.08. The van der Waals surface area contributed by atoms with Gasteiger partial charge in [-0.25, -0.2) is 9.78 Å². The third kappa shape index (κ3) is 1.29. The van der Waals surface area contributed by atoms with Gasteiger partial charge in [-0.05, 0) is 0 Å². The monoisotopic (exact) mass is 195 g/mol. The molecule has 0 spiro atoms. The summed E-state index contributed by atoms with van der Waals surface area (Å²) in [6, 6.07) is 0. The van der Waals surface area contributed by atoms with E-state index in [9.17, 15) is 4.79 Å². The normalized spacial score (nSPS) is 15.2. The maximum Gasteiger partial charge on any atom is 0.356 e. The Hall–Kier alpha value is -1.36. The topological polar surface area (TPSA) is 67.1 Å². The van der Waals surface area contributed by atoms with Crippen molar-refractivity contribution in [1.29, 1.82) is 0 Å². The minimum Gasteiger partial charge on any atom is -0.476 e. The van der Waals surface area contributed by atoms with E-state index in [0.29, 0.717) is 6.54 Å². The summed E-state index contributed by atoms with van der Waals surface area (Å²) in [5.74, 6) is -0.0592. The number of nitrogens with one attached hydrogen (secondary N) is 1. The van der Waals surface area contributed by atoms with Gasteiger partial charge in [0.25, 0.3) is 0 Å². The number of nitrogens with zero attached hydrogens (tertiary/aromatic N) is 2. The van der Waals surface area contributed by atoms with Crippen LogP contribution in [0.5, 0.6) is 0 Å². The highest BCUT2D eigenvalue weighted by molar-refractivity contribution is 5.86. The lowest BCUT2D eigenvalue weighted by Gasteiger charge is -2.17. The number of rotatable bonds is 2. The molecule has 0 bridgehead atoms. The van der Waals surface area contributed by atoms with Crippen molar-refractivity contribution in [2.75, 3.05) is 6.54 Å². The van der Waals surface area contributed by atoms with Gasteiger partial charge < -0.3 is 15.0 Å². The Bertz CT molecular complexity index is 370. The second-order valence-corrected chi connectivity index (χ2v) is 3.31. The Labute approximate surface area is 81.8 Å². The van der Waals surface area contributed by atoms with Crippen molar-refractivity contribution in [1.82, 2.24) is 14.9 Å². The molecule has 0 radical (unpaired) electrons. The van der Waals surface area contributed by atoms with Gasteiger partial charge in [0.15, 0.2) is 5.69 Å². The number of fused-ring (bicyclic) bond motifs is 1. The molecule has 0 aliphatic carbocycles. The molecule has 5 heteroatoms. The molecular formula is C9H13N3O2. The van der Waals surface area contributed by atoms with Crippen molar-refractivity contribution in [3.8, 4) is 0 Å². The van der Waals surface area contributed by atoms with Crippen LogP contribution in [0, 0.1) is 0 Å². The third-order valence-electron chi connectivity index (χ3n) is 2.48. The van der Waals surface area contributed by atoms with Crippen molar-refractivity contribution in [2.45, 2.75) is 26.4 Å². The summed E-state index contributed by atoms with van der Waals surface area (Å²) in [7, 11) is 0. The summed E-state index contributed by atoms with van der Waals surface area (Å²) in [5, 5.41) is 12.1. The van der Waals surface area contributed by atoms with Crippen molar-refractivity contribution >= 4 is 5.97 Å². The summed E-state index contributed by atoms with van der Waals surface area (Å²) >= 11 is 0. The molecule has 5 nitrogen and oxygen atoms in total. The minimum absolute atomic E-state index is 0.203. The predicted octanol–water partition coefficient (Wildman–Crippen LogP) is 0.247. The molecule has 0 aromatic carbocycles. The number of aryl methyl sites for hydroxylation is 1. The van der Waals surface area contributed by atoms with Gasteiger partial charge in [-0.1, -0.05) is 6.92 Å². The SMILES string of the molecule is CCc1nc(C(=O)O)c2n1CCNC2. The lowest BCUT2D eigenvalue weighted by atomic mass is 10.2. The molecule has 2 rings (SSSR count). The number of carboxylic acids is 1. The average Bonchev–Trinajstić information content (AvgIpc) is 2.56. The molecule has 0 amide bonds. The van der Waals surface area contributed by atoms with E-state index in [0.717, 1.165) is 31.0 Å². The number of carbonyl (C=O) groups is 1. The highest BCUT2D eigenvalue weighted by Gasteiger charge is 2.22. The largest absolute Gasteiger partial charge is 0.476 e. The lowest BCUT2D eigenvalue weighted by molar-refractivity contribution is 0.0689. The Morgan fingerprint density at radius 1 is 1.71 bits per heavy atom. The molecule has 76 valence electrons. The molecule has 0 unspecified atom stereocenters. The highest BCUT2D eigenvalue weighted by Crippen LogP contribution is 2.15. The number of imidazole rings is 1. The molecular weight excluding hydrogens is 182 g/mol. The van der Waals surface area contributed by atoms with Gasteiger partial charge in [0, 0.05) is 26.1 Å². The second-order valence-electron chi connectivity index (χ2n) is 3.31. The molecule has 1 aliphatic rings. The minimum atomic E-state index is -0.933. The first kappa shape index (κ1) is 9.21. The van der Waals surface area contributed by atoms with Crippen LogP contribution in [0.1, 0.15) is 28.9 Å². The van der Waals surface area contributed by atoms with Crippen LogP contribution in [0.25, 0.3) is 0 Å². The van der Waals surface area contributed by atoms with Crippen molar-refractivity contribution < 1.29 is 9.90 Å². The first-order valence-electron chi connectivity index (χ1n) is 4.76. The lowest BCUT2D eigenvalue weighted by Crippen LogP contribution is -2.29. The fraction of sp³-hybridized carbons (Fsp3) is 0.556. The molecule has 1 aromatic rings. The summed E-state index contributed by atoms with van der Waals surface area (Å²) < 4.78 is 2.01. The van der Waals surface area contributed by atoms with Gasteiger partial charge in [0.1, 0.15) is 5.82 Å². The van der Waals surface area contributed by atoms with Gasteiger partial charge in [-0.2, -0.15) is 0 Å². The number of carboxylic acid groups (broad SMARTS) is 1. The van der Waals surface area contributed by atoms with Crippen LogP contribution in [0.2, 0.25) is 0 Å². The van der Waals surface area contributed by atoms with E-state index < -0.39 is 5.97 Å². The number of aromatic nitrogens is 2. The molecule has 0 fully saturated rings. The standard InChI is InChI=1S/C9H13N3O2/c1-2-7-11-8(9(13)14)6-5-10-3-4-12(6)7/h10H,2-5H2,1H3,(H,13,14). The Morgan fingerprint density at radius 3 is 3.14 bits per heavy atom. The quantitative estimate of drug-likeness (QED) is 0.709. The summed E-state index contributed by atoms with van der Waals surface area (Å²) in [4.78, 5) is 15.0. The number of hydrogen-bond acceptors (Lipinski definition) is 3. The third-order valence-corrected chi connectivity index (χ3v) is 2.48. The molecule has 0 saturated carbocycles. The summed E-state index contributed by atoms with van der Waals surface area (Å²) in [5.41, 5.74) is 1.01. The highest BCUT2D eigenvalue weighted by atomic mass is 16.4. The molecule has 1 aliphatic heterocycles. The van der Waals surface area contributed by atoms with Crippen molar-refractivity contribution in [2.24, 2.45) is 0 Å². The van der Waals surface area contributed by atoms with E-state index in [1.165, 1.54) is 0 Å².